The molecule has 0 aliphatic carbocycles. The second-order valence-electron chi connectivity index (χ2n) is 5.04. The highest BCUT2D eigenvalue weighted by Gasteiger charge is 2.31. The number of carbonyl (C=O) groups excluding carboxylic acids is 1. The van der Waals surface area contributed by atoms with Crippen molar-refractivity contribution < 1.29 is 4.79 Å². The van der Waals surface area contributed by atoms with Crippen LogP contribution in [0.25, 0.3) is 0 Å². The van der Waals surface area contributed by atoms with Gasteiger partial charge in [0.15, 0.2) is 0 Å². The number of likely N-dealkylation sites (tertiary alicyclic amines) is 1. The lowest BCUT2D eigenvalue weighted by Crippen LogP contribution is -2.35. The number of hydrogen-bond donors (Lipinski definition) is 1. The van der Waals surface area contributed by atoms with Gasteiger partial charge in [0.25, 0.3) is 0 Å². The number of halogens is 2. The summed E-state index contributed by atoms with van der Waals surface area (Å²) in [5, 5.41) is 0. The highest BCUT2D eigenvalue weighted by atomic mass is 79.9. The third kappa shape index (κ3) is 4.20. The summed E-state index contributed by atoms with van der Waals surface area (Å²) in [6, 6.07) is 8.24. The molecule has 1 aromatic rings. The van der Waals surface area contributed by atoms with Gasteiger partial charge in [0.05, 0.1) is 6.42 Å². The molecule has 0 radical (unpaired) electrons. The summed E-state index contributed by atoms with van der Waals surface area (Å²) in [6.07, 6.45) is 1.51. The Hall–Kier alpha value is -0.580. The Labute approximate surface area is 129 Å². The molecule has 106 valence electrons. The summed E-state index contributed by atoms with van der Waals surface area (Å²) >= 11 is 3.40. The zero-order chi connectivity index (χ0) is 13.1. The Kier molecular flexibility index (Phi) is 6.30. The standard InChI is InChI=1S/C14H19BrN2O.ClH/c1-10-6-12(8-16)9-17(10)14(18)7-11-2-4-13(15)5-3-11;/h2-5,10,12H,6-9,16H2,1H3;1H. The van der Waals surface area contributed by atoms with Crippen LogP contribution in [0.15, 0.2) is 28.7 Å². The molecule has 2 unspecified atom stereocenters. The van der Waals surface area contributed by atoms with Gasteiger partial charge in [-0.3, -0.25) is 4.79 Å². The second-order valence-corrected chi connectivity index (χ2v) is 5.95. The van der Waals surface area contributed by atoms with Crippen LogP contribution in [0.4, 0.5) is 0 Å². The van der Waals surface area contributed by atoms with Gasteiger partial charge >= 0.3 is 0 Å². The van der Waals surface area contributed by atoms with Crippen LogP contribution >= 0.6 is 28.3 Å². The quantitative estimate of drug-likeness (QED) is 0.913. The summed E-state index contributed by atoms with van der Waals surface area (Å²) < 4.78 is 1.04. The van der Waals surface area contributed by atoms with Crippen LogP contribution in [-0.2, 0) is 11.2 Å². The fourth-order valence-corrected chi connectivity index (χ4v) is 2.80. The molecule has 5 heteroatoms. The monoisotopic (exact) mass is 346 g/mol. The van der Waals surface area contributed by atoms with Crippen LogP contribution < -0.4 is 5.73 Å². The molecule has 3 nitrogen and oxygen atoms in total. The molecule has 1 heterocycles. The van der Waals surface area contributed by atoms with Crippen LogP contribution in [0.3, 0.4) is 0 Å². The molecular weight excluding hydrogens is 328 g/mol. The van der Waals surface area contributed by atoms with Gasteiger partial charge in [-0.2, -0.15) is 0 Å². The molecule has 0 spiro atoms. The maximum atomic E-state index is 12.2. The summed E-state index contributed by atoms with van der Waals surface area (Å²) in [7, 11) is 0. The van der Waals surface area contributed by atoms with Crippen molar-refractivity contribution in [3.63, 3.8) is 0 Å². The topological polar surface area (TPSA) is 46.3 Å². The van der Waals surface area contributed by atoms with E-state index in [1.807, 2.05) is 29.2 Å². The predicted octanol–water partition coefficient (Wildman–Crippen LogP) is 2.61. The van der Waals surface area contributed by atoms with E-state index in [4.69, 9.17) is 5.73 Å². The molecule has 2 atom stereocenters. The number of hydrogen-bond acceptors (Lipinski definition) is 2. The third-order valence-electron chi connectivity index (χ3n) is 3.58. The van der Waals surface area contributed by atoms with Crippen LogP contribution in [0, 0.1) is 5.92 Å². The minimum atomic E-state index is 0. The van der Waals surface area contributed by atoms with E-state index in [0.717, 1.165) is 23.0 Å². The van der Waals surface area contributed by atoms with Crippen molar-refractivity contribution in [3.05, 3.63) is 34.3 Å². The zero-order valence-corrected chi connectivity index (χ0v) is 13.4. The average molecular weight is 348 g/mol. The van der Waals surface area contributed by atoms with E-state index in [1.165, 1.54) is 0 Å². The van der Waals surface area contributed by atoms with Crippen LogP contribution in [0.2, 0.25) is 0 Å². The third-order valence-corrected chi connectivity index (χ3v) is 4.11. The number of benzene rings is 1. The summed E-state index contributed by atoms with van der Waals surface area (Å²) in [6.45, 7) is 3.59. The Morgan fingerprint density at radius 2 is 2.05 bits per heavy atom. The van der Waals surface area contributed by atoms with Gasteiger partial charge in [-0.05, 0) is 43.5 Å². The van der Waals surface area contributed by atoms with Gasteiger partial charge in [-0.1, -0.05) is 28.1 Å². The Morgan fingerprint density at radius 3 is 2.58 bits per heavy atom. The molecule has 2 rings (SSSR count). The Bertz CT molecular complexity index is 424. The van der Waals surface area contributed by atoms with Crippen LogP contribution in [-0.4, -0.2) is 29.9 Å². The molecular formula is C14H20BrClN2O. The van der Waals surface area contributed by atoms with Gasteiger partial charge < -0.3 is 10.6 Å². The molecule has 1 fully saturated rings. The van der Waals surface area contributed by atoms with E-state index in [1.54, 1.807) is 0 Å². The van der Waals surface area contributed by atoms with Crippen molar-refractivity contribution in [2.24, 2.45) is 11.7 Å². The van der Waals surface area contributed by atoms with Crippen molar-refractivity contribution in [1.82, 2.24) is 4.90 Å². The molecule has 0 bridgehead atoms. The van der Waals surface area contributed by atoms with Gasteiger partial charge in [0.2, 0.25) is 5.91 Å². The van der Waals surface area contributed by atoms with Crippen LogP contribution in [0.5, 0.6) is 0 Å². The van der Waals surface area contributed by atoms with E-state index >= 15 is 0 Å². The van der Waals surface area contributed by atoms with E-state index in [-0.39, 0.29) is 18.3 Å². The first-order valence-electron chi connectivity index (χ1n) is 6.34. The number of rotatable bonds is 3. The second kappa shape index (κ2) is 7.27. The summed E-state index contributed by atoms with van der Waals surface area (Å²) in [4.78, 5) is 14.2. The van der Waals surface area contributed by atoms with E-state index in [0.29, 0.717) is 24.9 Å². The van der Waals surface area contributed by atoms with E-state index in [2.05, 4.69) is 22.9 Å². The predicted molar refractivity (Wildman–Crippen MR) is 83.4 cm³/mol. The van der Waals surface area contributed by atoms with Crippen molar-refractivity contribution in [3.8, 4) is 0 Å². The molecule has 0 aromatic heterocycles. The number of nitrogens with two attached hydrogens (primary N) is 1. The molecule has 19 heavy (non-hydrogen) atoms. The summed E-state index contributed by atoms with van der Waals surface area (Å²) in [5.41, 5.74) is 6.75. The van der Waals surface area contributed by atoms with Crippen molar-refractivity contribution in [1.29, 1.82) is 0 Å². The first-order valence-corrected chi connectivity index (χ1v) is 7.13. The SMILES string of the molecule is CC1CC(CN)CN1C(=O)Cc1ccc(Br)cc1.Cl. The highest BCUT2D eigenvalue weighted by Crippen LogP contribution is 2.23. The Morgan fingerprint density at radius 1 is 1.42 bits per heavy atom. The van der Waals surface area contributed by atoms with Crippen LogP contribution in [0.1, 0.15) is 18.9 Å². The van der Waals surface area contributed by atoms with Crippen molar-refractivity contribution in [2.75, 3.05) is 13.1 Å². The average Bonchev–Trinajstić information content (AvgIpc) is 2.73. The van der Waals surface area contributed by atoms with E-state index in [9.17, 15) is 4.79 Å². The smallest absolute Gasteiger partial charge is 0.227 e. The number of nitrogens with zero attached hydrogens (tertiary/aromatic N) is 1. The molecule has 1 aliphatic heterocycles. The maximum absolute atomic E-state index is 12.2. The summed E-state index contributed by atoms with van der Waals surface area (Å²) in [5.74, 6) is 0.676. The minimum absolute atomic E-state index is 0. The lowest BCUT2D eigenvalue weighted by molar-refractivity contribution is -0.131. The maximum Gasteiger partial charge on any atom is 0.227 e. The molecule has 0 saturated carbocycles. The van der Waals surface area contributed by atoms with Gasteiger partial charge in [-0.25, -0.2) is 0 Å². The first-order chi connectivity index (χ1) is 8.60. The van der Waals surface area contributed by atoms with Crippen molar-refractivity contribution >= 4 is 34.2 Å². The zero-order valence-electron chi connectivity index (χ0n) is 11.0. The lowest BCUT2D eigenvalue weighted by atomic mass is 10.1. The molecule has 2 N–H and O–H groups in total. The fourth-order valence-electron chi connectivity index (χ4n) is 2.54. The minimum Gasteiger partial charge on any atom is -0.339 e. The Balaban J connectivity index is 0.00000180. The number of carbonyl (C=O) groups is 1. The lowest BCUT2D eigenvalue weighted by Gasteiger charge is -2.21. The van der Waals surface area contributed by atoms with Gasteiger partial charge in [0, 0.05) is 17.1 Å². The molecule has 1 aliphatic rings. The fraction of sp³-hybridized carbons (Fsp3) is 0.500. The molecule has 1 saturated heterocycles. The highest BCUT2D eigenvalue weighted by molar-refractivity contribution is 9.10. The van der Waals surface area contributed by atoms with E-state index < -0.39 is 0 Å². The largest absolute Gasteiger partial charge is 0.339 e. The van der Waals surface area contributed by atoms with Crippen molar-refractivity contribution in [2.45, 2.75) is 25.8 Å². The normalized spacial score (nSPS) is 22.2. The number of amides is 1. The molecule has 1 amide bonds. The first kappa shape index (κ1) is 16.5. The molecule has 1 aromatic carbocycles. The van der Waals surface area contributed by atoms with Gasteiger partial charge in [0.1, 0.15) is 0 Å². The van der Waals surface area contributed by atoms with Gasteiger partial charge in [-0.15, -0.1) is 12.4 Å².